The summed E-state index contributed by atoms with van der Waals surface area (Å²) in [6, 6.07) is 8.48. The Balaban J connectivity index is 1.75. The van der Waals surface area contributed by atoms with Gasteiger partial charge in [-0.05, 0) is 45.4 Å². The van der Waals surface area contributed by atoms with Crippen molar-refractivity contribution in [2.75, 3.05) is 12.1 Å². The predicted molar refractivity (Wildman–Crippen MR) is 130 cm³/mol. The normalized spacial score (nSPS) is 15.3. The van der Waals surface area contributed by atoms with Crippen molar-refractivity contribution >= 4 is 30.4 Å². The predicted octanol–water partition coefficient (Wildman–Crippen LogP) is 2.64. The van der Waals surface area contributed by atoms with Crippen molar-refractivity contribution in [2.24, 2.45) is 0 Å². The third-order valence-electron chi connectivity index (χ3n) is 5.36. The molecule has 0 aliphatic heterocycles. The molecule has 3 aromatic rings. The largest absolute Gasteiger partial charge is 0.480 e. The van der Waals surface area contributed by atoms with Crippen LogP contribution in [0.3, 0.4) is 0 Å². The molecule has 2 heterocycles. The van der Waals surface area contributed by atoms with Crippen molar-refractivity contribution in [2.45, 2.75) is 51.9 Å². The first-order valence-corrected chi connectivity index (χ1v) is 12.8. The van der Waals surface area contributed by atoms with Gasteiger partial charge in [0.25, 0.3) is 0 Å². The highest BCUT2D eigenvalue weighted by Crippen LogP contribution is 2.42. The zero-order valence-electron chi connectivity index (χ0n) is 20.0. The first-order chi connectivity index (χ1) is 16.4. The number of nitrogens with zero attached hydrogens (tertiary/aromatic N) is 5. The fourth-order valence-corrected chi connectivity index (χ4v) is 5.87. The van der Waals surface area contributed by atoms with Crippen LogP contribution in [-0.4, -0.2) is 48.6 Å². The molecule has 5 N–H and O–H groups in total. The molecule has 35 heavy (non-hydrogen) atoms. The molecule has 3 rings (SSSR count). The topological polar surface area (TPSA) is 181 Å². The molecule has 0 fully saturated rings. The van der Waals surface area contributed by atoms with Crippen molar-refractivity contribution in [3.05, 3.63) is 48.0 Å². The van der Waals surface area contributed by atoms with Crippen LogP contribution in [0.4, 0.5) is 5.82 Å². The smallest absolute Gasteiger partial charge is 0.323 e. The van der Waals surface area contributed by atoms with Gasteiger partial charge in [-0.1, -0.05) is 12.1 Å². The van der Waals surface area contributed by atoms with Gasteiger partial charge in [0.2, 0.25) is 7.44 Å². The number of carboxylic acid groups (broad SMARTS) is 1. The lowest BCUT2D eigenvalue weighted by molar-refractivity contribution is -0.142. The number of ether oxygens (including phenoxy) is 1. The Hall–Kier alpha value is -3.36. The maximum atomic E-state index is 13.9. The number of aromatic nitrogens is 4. The number of nitrogens with one attached hydrogen (secondary N) is 2. The van der Waals surface area contributed by atoms with Crippen LogP contribution in [0.1, 0.15) is 44.9 Å². The molecule has 0 aliphatic rings. The number of nitriles is 1. The molecule has 0 unspecified atom stereocenters. The molecule has 0 saturated heterocycles. The van der Waals surface area contributed by atoms with Crippen LogP contribution in [0.5, 0.6) is 0 Å². The summed E-state index contributed by atoms with van der Waals surface area (Å²) >= 11 is 0. The number of aliphatic carboxylic acids is 1. The Morgan fingerprint density at radius 2 is 1.97 bits per heavy atom. The van der Waals surface area contributed by atoms with E-state index in [0.29, 0.717) is 23.3 Å². The second kappa shape index (κ2) is 10.5. The molecule has 1 aromatic carbocycles. The average molecular weight is 501 g/mol. The minimum absolute atomic E-state index is 0.269. The molecule has 13 heteroatoms. The Morgan fingerprint density at radius 1 is 1.29 bits per heavy atom. The van der Waals surface area contributed by atoms with Crippen LogP contribution in [0.25, 0.3) is 11.2 Å². The van der Waals surface area contributed by atoms with Gasteiger partial charge in [-0.25, -0.2) is 25.1 Å². The van der Waals surface area contributed by atoms with E-state index in [0.717, 1.165) is 5.56 Å². The van der Waals surface area contributed by atoms with Gasteiger partial charge in [0.15, 0.2) is 11.5 Å². The molecule has 0 amide bonds. The Bertz CT molecular complexity index is 1280. The molecule has 2 aromatic heterocycles. The van der Waals surface area contributed by atoms with E-state index in [1.54, 1.807) is 49.0 Å². The highest BCUT2D eigenvalue weighted by molar-refractivity contribution is 7.59. The van der Waals surface area contributed by atoms with Gasteiger partial charge in [0, 0.05) is 6.04 Å². The lowest BCUT2D eigenvalue weighted by Gasteiger charge is -2.32. The number of fused-ring (bicyclic) bond motifs is 1. The van der Waals surface area contributed by atoms with Crippen LogP contribution < -0.4 is 15.9 Å². The number of hydrogen-bond donors (Lipinski definition) is 4. The van der Waals surface area contributed by atoms with E-state index in [1.807, 2.05) is 0 Å². The zero-order chi connectivity index (χ0) is 25.8. The minimum Gasteiger partial charge on any atom is -0.480 e. The molecule has 0 aliphatic carbocycles. The number of benzene rings is 1. The minimum atomic E-state index is -3.57. The van der Waals surface area contributed by atoms with Gasteiger partial charge in [-0.3, -0.25) is 9.36 Å². The van der Waals surface area contributed by atoms with Crippen LogP contribution in [0.15, 0.2) is 36.9 Å². The molecule has 186 valence electrons. The SMILES string of the molecule is C[C@H](Cn1cnc2c(N)ncnc21)OC[P@](=O)(N[C@H](C)c1ccc(C#N)cc1)NC(C)(C)C(=O)O. The average Bonchev–Trinajstić information content (AvgIpc) is 3.21. The van der Waals surface area contributed by atoms with Crippen molar-refractivity contribution in [1.82, 2.24) is 29.7 Å². The van der Waals surface area contributed by atoms with Gasteiger partial charge < -0.3 is 20.1 Å². The number of rotatable bonds is 11. The third-order valence-corrected chi connectivity index (χ3v) is 7.60. The summed E-state index contributed by atoms with van der Waals surface area (Å²) in [5.41, 5.74) is 6.68. The highest BCUT2D eigenvalue weighted by Gasteiger charge is 2.37. The monoisotopic (exact) mass is 500 g/mol. The number of carbonyl (C=O) groups is 1. The number of anilines is 1. The second-order valence-electron chi connectivity index (χ2n) is 8.80. The molecule has 0 saturated carbocycles. The zero-order valence-corrected chi connectivity index (χ0v) is 20.9. The first kappa shape index (κ1) is 26.2. The fraction of sp³-hybridized carbons (Fsp3) is 0.409. The summed E-state index contributed by atoms with van der Waals surface area (Å²) in [5.74, 6) is -0.881. The molecular formula is C22H29N8O4P. The van der Waals surface area contributed by atoms with E-state index >= 15 is 0 Å². The van der Waals surface area contributed by atoms with E-state index in [-0.39, 0.29) is 12.2 Å². The summed E-state index contributed by atoms with van der Waals surface area (Å²) < 4.78 is 21.6. The van der Waals surface area contributed by atoms with Crippen LogP contribution in [-0.2, 0) is 20.6 Å². The van der Waals surface area contributed by atoms with Crippen molar-refractivity contribution < 1.29 is 19.2 Å². The lowest BCUT2D eigenvalue weighted by Crippen LogP contribution is -2.47. The molecule has 12 nitrogen and oxygen atoms in total. The van der Waals surface area contributed by atoms with Crippen molar-refractivity contribution in [1.29, 1.82) is 5.26 Å². The first-order valence-electron chi connectivity index (χ1n) is 10.9. The van der Waals surface area contributed by atoms with Gasteiger partial charge in [-0.2, -0.15) is 5.26 Å². The summed E-state index contributed by atoms with van der Waals surface area (Å²) in [7, 11) is -3.57. The Morgan fingerprint density at radius 3 is 2.60 bits per heavy atom. The number of imidazole rings is 1. The van der Waals surface area contributed by atoms with Crippen LogP contribution in [0, 0.1) is 11.3 Å². The summed E-state index contributed by atoms with van der Waals surface area (Å²) in [4.78, 5) is 24.1. The van der Waals surface area contributed by atoms with Crippen molar-refractivity contribution in [3.63, 3.8) is 0 Å². The number of carboxylic acids is 1. The van der Waals surface area contributed by atoms with Crippen molar-refractivity contribution in [3.8, 4) is 6.07 Å². The van der Waals surface area contributed by atoms with Gasteiger partial charge in [0.05, 0.1) is 30.6 Å². The standard InChI is InChI=1S/C22H29N8O4P/c1-14(10-30-12-27-18-19(24)25-11-26-20(18)30)34-13-35(33,29-22(3,4)21(31)32)28-15(2)17-7-5-16(9-23)6-8-17/h5-8,11-12,14-15H,10,13H2,1-4H3,(H,31,32)(H2,24,25,26)(H2,28,29,33)/t14-,15-,35+/m1/s1. The Labute approximate surface area is 203 Å². The van der Waals surface area contributed by atoms with Crippen LogP contribution in [0.2, 0.25) is 0 Å². The fourth-order valence-electron chi connectivity index (χ4n) is 3.43. The van der Waals surface area contributed by atoms with Gasteiger partial charge in [-0.15, -0.1) is 0 Å². The van der Waals surface area contributed by atoms with E-state index in [9.17, 15) is 14.5 Å². The van der Waals surface area contributed by atoms with E-state index in [2.05, 4.69) is 31.2 Å². The molecule has 0 bridgehead atoms. The van der Waals surface area contributed by atoms with E-state index in [1.165, 1.54) is 20.2 Å². The summed E-state index contributed by atoms with van der Waals surface area (Å²) in [6.07, 6.45) is 2.24. The Kier molecular flexibility index (Phi) is 7.87. The van der Waals surface area contributed by atoms with Crippen LogP contribution >= 0.6 is 7.44 Å². The number of hydrogen-bond acceptors (Lipinski definition) is 8. The maximum Gasteiger partial charge on any atom is 0.323 e. The molecule has 0 radical (unpaired) electrons. The second-order valence-corrected chi connectivity index (χ2v) is 11.0. The lowest BCUT2D eigenvalue weighted by atomic mass is 10.1. The number of nitrogens with two attached hydrogens (primary N) is 1. The molecular weight excluding hydrogens is 471 g/mol. The number of nitrogen functional groups attached to an aromatic ring is 1. The van der Waals surface area contributed by atoms with E-state index in [4.69, 9.17) is 15.7 Å². The van der Waals surface area contributed by atoms with E-state index < -0.39 is 31.1 Å². The maximum absolute atomic E-state index is 13.9. The summed E-state index contributed by atoms with van der Waals surface area (Å²) in [5, 5.41) is 24.4. The van der Waals surface area contributed by atoms with Gasteiger partial charge in [0.1, 0.15) is 23.7 Å². The molecule has 0 spiro atoms. The molecule has 3 atom stereocenters. The quantitative estimate of drug-likeness (QED) is 0.284. The third kappa shape index (κ3) is 6.41. The highest BCUT2D eigenvalue weighted by atomic mass is 31.2. The summed E-state index contributed by atoms with van der Waals surface area (Å²) in [6.45, 7) is 6.81. The van der Waals surface area contributed by atoms with Gasteiger partial charge >= 0.3 is 5.97 Å².